The number of allylic oxidation sites excluding steroid dienone is 4. The zero-order valence-corrected chi connectivity index (χ0v) is 38.5. The van der Waals surface area contributed by atoms with Gasteiger partial charge in [0.1, 0.15) is 0 Å². The summed E-state index contributed by atoms with van der Waals surface area (Å²) in [6.07, 6.45) is -3.63. The van der Waals surface area contributed by atoms with E-state index in [-0.39, 0.29) is 52.9 Å². The van der Waals surface area contributed by atoms with Crippen molar-refractivity contribution >= 4 is 6.48 Å². The number of halogens is 8. The number of hydrogen-bond acceptors (Lipinski definition) is 0. The van der Waals surface area contributed by atoms with E-state index in [1.165, 1.54) is 64.2 Å². The fourth-order valence-corrected chi connectivity index (χ4v) is 16.8. The van der Waals surface area contributed by atoms with Crippen LogP contribution in [0.15, 0.2) is 99.9 Å². The molecule has 304 valence electrons. The van der Waals surface area contributed by atoms with Gasteiger partial charge >= 0.3 is 333 Å². The molecule has 0 spiro atoms. The molecule has 0 aliphatic heterocycles. The Kier molecular flexibility index (Phi) is 13.5. The van der Waals surface area contributed by atoms with Crippen molar-refractivity contribution in [3.63, 3.8) is 0 Å². The van der Waals surface area contributed by atoms with Crippen LogP contribution >= 0.6 is 0 Å². The first-order valence-corrected chi connectivity index (χ1v) is 22.8. The molecule has 6 rings (SSSR count). The number of hydrogen-bond donors (Lipinski definition) is 0. The minimum absolute atomic E-state index is 0. The Labute approximate surface area is 355 Å². The van der Waals surface area contributed by atoms with Crippen LogP contribution in [-0.2, 0) is 50.9 Å². The third kappa shape index (κ3) is 9.68. The summed E-state index contributed by atoms with van der Waals surface area (Å²) in [6, 6.07) is 22.0. The van der Waals surface area contributed by atoms with Crippen molar-refractivity contribution in [3.05, 3.63) is 144 Å². The molecule has 0 amide bonds. The molecule has 0 radical (unpaired) electrons. The van der Waals surface area contributed by atoms with Gasteiger partial charge in [-0.1, -0.05) is 0 Å². The third-order valence-corrected chi connectivity index (χ3v) is 18.8. The average molecular weight is 905 g/mol. The average Bonchev–Trinajstić information content (AvgIpc) is 3.68. The van der Waals surface area contributed by atoms with Crippen LogP contribution < -0.4 is 28.1 Å². The number of fused-ring (bicyclic) bond motifs is 3. The molecule has 0 saturated heterocycles. The van der Waals surface area contributed by atoms with E-state index in [9.17, 15) is 26.3 Å². The van der Waals surface area contributed by atoms with Crippen molar-refractivity contribution in [2.45, 2.75) is 106 Å². The molecular formula is C48H52Cl2F6Zr. The Morgan fingerprint density at radius 1 is 0.579 bits per heavy atom. The normalized spacial score (nSPS) is 15.5. The first-order chi connectivity index (χ1) is 25.2. The van der Waals surface area contributed by atoms with Gasteiger partial charge in [0, 0.05) is 0 Å². The molecule has 4 aromatic rings. The van der Waals surface area contributed by atoms with Crippen molar-refractivity contribution < 1.29 is 72.4 Å². The predicted octanol–water partition coefficient (Wildman–Crippen LogP) is 7.55. The Hall–Kier alpha value is -2.73. The van der Waals surface area contributed by atoms with Gasteiger partial charge in [-0.2, -0.15) is 0 Å². The van der Waals surface area contributed by atoms with Gasteiger partial charge in [-0.05, 0) is 0 Å². The zero-order valence-electron chi connectivity index (χ0n) is 34.5. The fraction of sp³-hybridized carbons (Fsp3) is 0.396. The maximum Gasteiger partial charge on any atom is -1.00 e. The van der Waals surface area contributed by atoms with Crippen molar-refractivity contribution in [2.24, 2.45) is 17.3 Å². The van der Waals surface area contributed by atoms with Gasteiger partial charge in [0.15, 0.2) is 0 Å². The Bertz CT molecular complexity index is 2160. The van der Waals surface area contributed by atoms with E-state index in [0.717, 1.165) is 33.0 Å². The van der Waals surface area contributed by atoms with Gasteiger partial charge in [-0.15, -0.1) is 0 Å². The summed E-state index contributed by atoms with van der Waals surface area (Å²) in [5, 5.41) is 0. The van der Waals surface area contributed by atoms with Crippen molar-refractivity contribution in [2.75, 3.05) is 0 Å². The second-order valence-corrected chi connectivity index (χ2v) is 24.6. The van der Waals surface area contributed by atoms with E-state index < -0.39 is 44.7 Å². The van der Waals surface area contributed by atoms with Crippen LogP contribution in [0.3, 0.4) is 0 Å². The van der Waals surface area contributed by atoms with Crippen LogP contribution in [0, 0.1) is 17.3 Å². The number of alkyl halides is 6. The van der Waals surface area contributed by atoms with Crippen molar-refractivity contribution in [1.29, 1.82) is 0 Å². The molecule has 0 fully saturated rings. The van der Waals surface area contributed by atoms with Gasteiger partial charge in [0.25, 0.3) is 0 Å². The van der Waals surface area contributed by atoms with E-state index in [1.807, 2.05) is 0 Å². The molecule has 4 aromatic carbocycles. The number of benzene rings is 4. The first kappa shape index (κ1) is 47.0. The van der Waals surface area contributed by atoms with Crippen LogP contribution in [0.25, 0.3) is 11.1 Å². The summed E-state index contributed by atoms with van der Waals surface area (Å²) in [5.74, 6) is 0.279. The monoisotopic (exact) mass is 902 g/mol. The summed E-state index contributed by atoms with van der Waals surface area (Å²) in [5.41, 5.74) is 7.72. The maximum atomic E-state index is 14.0. The molecule has 0 bridgehead atoms. The zero-order chi connectivity index (χ0) is 40.6. The topological polar surface area (TPSA) is 0 Å². The Morgan fingerprint density at radius 3 is 1.46 bits per heavy atom. The smallest absolute Gasteiger partial charge is 1.00 e. The summed E-state index contributed by atoms with van der Waals surface area (Å²) in [6.45, 7) is 24.2. The first-order valence-electron chi connectivity index (χ1n) is 19.1. The SMILES string of the molecule is CC(C)C1C=C(C(C)(C)C)C=[C]1[Zr+2](=[C](c1ccc(C(F)(F)F)cc1)c1ccc(C(F)(F)F)cc1)[c]1cc(C(C)(C)C)cc2c1Cc1ccc(C(C)(C)C)cc1-2.[Cl-].[Cl-]. The quantitative estimate of drug-likeness (QED) is 0.160. The summed E-state index contributed by atoms with van der Waals surface area (Å²) < 4.78 is 87.3. The molecule has 9 heteroatoms. The van der Waals surface area contributed by atoms with Crippen LogP contribution in [-0.4, -0.2) is 3.21 Å². The Morgan fingerprint density at radius 2 is 1.04 bits per heavy atom. The minimum atomic E-state index is -4.53. The predicted molar refractivity (Wildman–Crippen MR) is 212 cm³/mol. The van der Waals surface area contributed by atoms with E-state index in [0.29, 0.717) is 17.5 Å². The molecule has 57 heavy (non-hydrogen) atoms. The number of rotatable bonds is 5. The molecule has 0 nitrogen and oxygen atoms in total. The third-order valence-electron chi connectivity index (χ3n) is 11.2. The van der Waals surface area contributed by atoms with Crippen molar-refractivity contribution in [1.82, 2.24) is 0 Å². The van der Waals surface area contributed by atoms with Gasteiger partial charge in [-0.25, -0.2) is 0 Å². The molecule has 0 aromatic heterocycles. The summed E-state index contributed by atoms with van der Waals surface area (Å²) in [4.78, 5) is 0. The van der Waals surface area contributed by atoms with E-state index in [1.54, 1.807) is 0 Å². The summed E-state index contributed by atoms with van der Waals surface area (Å²) >= 11 is -3.63. The fourth-order valence-electron chi connectivity index (χ4n) is 7.79. The molecule has 0 saturated carbocycles. The standard InChI is InChI=1S/C21H25.C15H8F6.C12H19.2ClH.Zr/c1-20(2,3)16-9-7-14-11-15-8-10-17(21(4,5)6)13-19(15)18(14)12-16;16-14(17,18)12-5-1-10(2-6-12)9-11-3-7-13(8-4-11)15(19,20)21;1-9(2)10-6-7-11(8-10)12(3,4)5;;;/h7,9-10,12-13H,11H2,1-6H3;1-8H;7-10H,1-5H3;2*1H;/q;;;;;+2/p-2. The van der Waals surface area contributed by atoms with Gasteiger partial charge in [0.2, 0.25) is 0 Å². The van der Waals surface area contributed by atoms with Crippen LogP contribution in [0.5, 0.6) is 0 Å². The minimum Gasteiger partial charge on any atom is -1.00 e. The molecule has 0 heterocycles. The van der Waals surface area contributed by atoms with E-state index in [2.05, 4.69) is 119 Å². The maximum absolute atomic E-state index is 14.0. The van der Waals surface area contributed by atoms with E-state index >= 15 is 0 Å². The van der Waals surface area contributed by atoms with Crippen LogP contribution in [0.1, 0.15) is 121 Å². The molecule has 1 atom stereocenters. The van der Waals surface area contributed by atoms with E-state index in [4.69, 9.17) is 0 Å². The molecule has 1 unspecified atom stereocenters. The largest absolute Gasteiger partial charge is 1.00 e. The second kappa shape index (κ2) is 16.4. The van der Waals surface area contributed by atoms with Gasteiger partial charge in [0.05, 0.1) is 0 Å². The Balaban J connectivity index is 0.00000360. The van der Waals surface area contributed by atoms with Crippen molar-refractivity contribution in [3.8, 4) is 11.1 Å². The molecular weight excluding hydrogens is 853 g/mol. The molecule has 2 aliphatic rings. The van der Waals surface area contributed by atoms with Crippen LogP contribution in [0.2, 0.25) is 0 Å². The van der Waals surface area contributed by atoms with Gasteiger partial charge < -0.3 is 24.8 Å². The van der Waals surface area contributed by atoms with Gasteiger partial charge in [-0.3, -0.25) is 0 Å². The van der Waals surface area contributed by atoms with Crippen LogP contribution in [0.4, 0.5) is 26.3 Å². The molecule has 2 aliphatic carbocycles. The summed E-state index contributed by atoms with van der Waals surface area (Å²) in [7, 11) is 0. The molecule has 0 N–H and O–H groups in total. The second-order valence-electron chi connectivity index (χ2n) is 18.7.